The molecule has 1 aliphatic heterocycles. The van der Waals surface area contributed by atoms with Gasteiger partial charge in [-0.05, 0) is 24.5 Å². The fraction of sp³-hybridized carbons (Fsp3) is 0.250. The van der Waals surface area contributed by atoms with Crippen LogP contribution in [0.25, 0.3) is 0 Å². The van der Waals surface area contributed by atoms with Crippen molar-refractivity contribution in [1.82, 2.24) is 0 Å². The minimum Gasteiger partial charge on any atom is -0.480 e. The third kappa shape index (κ3) is 1.39. The molecule has 1 N–H and O–H groups in total. The Morgan fingerprint density at radius 3 is 2.60 bits per heavy atom. The lowest BCUT2D eigenvalue weighted by Crippen LogP contribution is -2.41. The minimum absolute atomic E-state index is 0.254. The topological polar surface area (TPSA) is 80.7 Å². The molecule has 2 aromatic carbocycles. The summed E-state index contributed by atoms with van der Waals surface area (Å²) in [5, 5.41) is 9.97. The van der Waals surface area contributed by atoms with Gasteiger partial charge in [0.05, 0.1) is 5.41 Å². The smallest absolute Gasteiger partial charge is 0.330 e. The molecule has 5 heteroatoms. The number of hydrogen-bond acceptors (Lipinski definition) is 4. The standard InChI is InChI=1S/C20H14O5/c21-16-12-6-2-1-5-11(12)9-10-19(16)15-13-7-3-4-8-14(13)25-18(24)20(15,19)17(22)23/h1-8,15H,9-10H2,(H,22,23). The molecular formula is C20H14O5. The van der Waals surface area contributed by atoms with Crippen LogP contribution in [-0.2, 0) is 16.0 Å². The van der Waals surface area contributed by atoms with Crippen LogP contribution in [0.3, 0.4) is 0 Å². The van der Waals surface area contributed by atoms with Crippen molar-refractivity contribution in [3.05, 3.63) is 65.2 Å². The van der Waals surface area contributed by atoms with Crippen molar-refractivity contribution in [2.75, 3.05) is 0 Å². The number of fused-ring (bicyclic) bond motifs is 6. The van der Waals surface area contributed by atoms with E-state index < -0.39 is 28.7 Å². The number of esters is 1. The lowest BCUT2D eigenvalue weighted by Gasteiger charge is -2.26. The summed E-state index contributed by atoms with van der Waals surface area (Å²) in [6, 6.07) is 14.1. The molecular weight excluding hydrogens is 320 g/mol. The summed E-state index contributed by atoms with van der Waals surface area (Å²) in [6.45, 7) is 0. The first-order chi connectivity index (χ1) is 12.0. The molecule has 0 radical (unpaired) electrons. The second kappa shape index (κ2) is 4.36. The number of carbonyl (C=O) groups excluding carboxylic acids is 2. The lowest BCUT2D eigenvalue weighted by atomic mass is 9.75. The van der Waals surface area contributed by atoms with Crippen molar-refractivity contribution in [3.63, 3.8) is 0 Å². The van der Waals surface area contributed by atoms with Crippen LogP contribution in [0.5, 0.6) is 5.75 Å². The fourth-order valence-corrected chi connectivity index (χ4v) is 5.02. The number of carboxylic acids is 1. The van der Waals surface area contributed by atoms with Crippen LogP contribution in [0.15, 0.2) is 48.5 Å². The maximum absolute atomic E-state index is 13.4. The molecule has 5 nitrogen and oxygen atoms in total. The van der Waals surface area contributed by atoms with Crippen molar-refractivity contribution in [2.24, 2.45) is 10.8 Å². The number of Topliss-reactive ketones (excluding diaryl/α,β-unsaturated/α-hetero) is 1. The summed E-state index contributed by atoms with van der Waals surface area (Å²) in [5.41, 5.74) is -1.00. The largest absolute Gasteiger partial charge is 0.480 e. The molecule has 0 bridgehead atoms. The van der Waals surface area contributed by atoms with E-state index in [2.05, 4.69) is 0 Å². The Bertz CT molecular complexity index is 978. The van der Waals surface area contributed by atoms with E-state index >= 15 is 0 Å². The number of para-hydroxylation sites is 1. The highest BCUT2D eigenvalue weighted by Gasteiger charge is 2.90. The molecule has 5 rings (SSSR count). The van der Waals surface area contributed by atoms with Crippen molar-refractivity contribution in [2.45, 2.75) is 18.8 Å². The van der Waals surface area contributed by atoms with Gasteiger partial charge in [-0.3, -0.25) is 14.4 Å². The van der Waals surface area contributed by atoms with E-state index in [4.69, 9.17) is 4.74 Å². The summed E-state index contributed by atoms with van der Waals surface area (Å²) in [4.78, 5) is 38.3. The number of carboxylic acid groups (broad SMARTS) is 1. The number of aliphatic carboxylic acids is 1. The number of carbonyl (C=O) groups is 3. The molecule has 124 valence electrons. The van der Waals surface area contributed by atoms with Gasteiger partial charge < -0.3 is 9.84 Å². The molecule has 3 aliphatic rings. The first-order valence-corrected chi connectivity index (χ1v) is 8.22. The molecule has 2 aliphatic carbocycles. The van der Waals surface area contributed by atoms with Gasteiger partial charge in [0, 0.05) is 17.0 Å². The Morgan fingerprint density at radius 1 is 1.08 bits per heavy atom. The van der Waals surface area contributed by atoms with Crippen LogP contribution < -0.4 is 4.74 Å². The summed E-state index contributed by atoms with van der Waals surface area (Å²) >= 11 is 0. The minimum atomic E-state index is -1.81. The molecule has 0 amide bonds. The Morgan fingerprint density at radius 2 is 1.80 bits per heavy atom. The Kier molecular flexibility index (Phi) is 2.51. The van der Waals surface area contributed by atoms with E-state index in [0.29, 0.717) is 29.7 Å². The van der Waals surface area contributed by atoms with E-state index in [-0.39, 0.29) is 5.78 Å². The summed E-state index contributed by atoms with van der Waals surface area (Å²) in [6.07, 6.45) is 0.909. The van der Waals surface area contributed by atoms with Crippen LogP contribution >= 0.6 is 0 Å². The highest BCUT2D eigenvalue weighted by molar-refractivity contribution is 6.20. The quantitative estimate of drug-likeness (QED) is 0.492. The van der Waals surface area contributed by atoms with Crippen LogP contribution in [-0.4, -0.2) is 22.8 Å². The van der Waals surface area contributed by atoms with E-state index in [9.17, 15) is 19.5 Å². The Hall–Kier alpha value is -2.95. The van der Waals surface area contributed by atoms with Crippen molar-refractivity contribution in [1.29, 1.82) is 0 Å². The summed E-state index contributed by atoms with van der Waals surface area (Å²) in [5.74, 6) is -2.66. The van der Waals surface area contributed by atoms with Crippen LogP contribution in [0.4, 0.5) is 0 Å². The normalized spacial score (nSPS) is 31.6. The van der Waals surface area contributed by atoms with E-state index in [1.807, 2.05) is 12.1 Å². The maximum atomic E-state index is 13.4. The fourth-order valence-electron chi connectivity index (χ4n) is 5.02. The Labute approximate surface area is 143 Å². The monoisotopic (exact) mass is 334 g/mol. The van der Waals surface area contributed by atoms with Crippen molar-refractivity contribution in [3.8, 4) is 5.75 Å². The van der Waals surface area contributed by atoms with Crippen molar-refractivity contribution >= 4 is 17.7 Å². The van der Waals surface area contributed by atoms with Gasteiger partial charge in [0.15, 0.2) is 11.2 Å². The van der Waals surface area contributed by atoms with Gasteiger partial charge in [0.1, 0.15) is 5.75 Å². The van der Waals surface area contributed by atoms with Gasteiger partial charge in [0.25, 0.3) is 0 Å². The highest BCUT2D eigenvalue weighted by Crippen LogP contribution is 2.80. The number of ether oxygens (including phenoxy) is 1. The molecule has 1 spiro atoms. The molecule has 0 saturated heterocycles. The summed E-state index contributed by atoms with van der Waals surface area (Å²) < 4.78 is 5.34. The van der Waals surface area contributed by atoms with Gasteiger partial charge in [-0.15, -0.1) is 0 Å². The van der Waals surface area contributed by atoms with Gasteiger partial charge in [-0.25, -0.2) is 0 Å². The first kappa shape index (κ1) is 14.4. The molecule has 1 heterocycles. The van der Waals surface area contributed by atoms with Crippen LogP contribution in [0.1, 0.15) is 33.8 Å². The average Bonchev–Trinajstić information content (AvgIpc) is 3.25. The van der Waals surface area contributed by atoms with E-state index in [1.165, 1.54) is 0 Å². The molecule has 0 aromatic heterocycles. The van der Waals surface area contributed by atoms with E-state index in [1.54, 1.807) is 36.4 Å². The van der Waals surface area contributed by atoms with Gasteiger partial charge in [0.2, 0.25) is 0 Å². The zero-order valence-corrected chi connectivity index (χ0v) is 13.2. The average molecular weight is 334 g/mol. The molecule has 1 fully saturated rings. The first-order valence-electron chi connectivity index (χ1n) is 8.22. The number of rotatable bonds is 1. The molecule has 25 heavy (non-hydrogen) atoms. The molecule has 1 saturated carbocycles. The number of ketones is 1. The van der Waals surface area contributed by atoms with Gasteiger partial charge in [-0.2, -0.15) is 0 Å². The van der Waals surface area contributed by atoms with Gasteiger partial charge >= 0.3 is 11.9 Å². The second-order valence-electron chi connectivity index (χ2n) is 6.93. The lowest BCUT2D eigenvalue weighted by molar-refractivity contribution is -0.158. The maximum Gasteiger partial charge on any atom is 0.330 e. The van der Waals surface area contributed by atoms with E-state index in [0.717, 1.165) is 5.56 Å². The SMILES string of the molecule is O=C1c2ccccc2CCC12C1c3ccccc3OC(=O)C12C(=O)O. The molecule has 3 unspecified atom stereocenters. The third-order valence-corrected chi connectivity index (χ3v) is 6.09. The summed E-state index contributed by atoms with van der Waals surface area (Å²) in [7, 11) is 0. The van der Waals surface area contributed by atoms with Crippen molar-refractivity contribution < 1.29 is 24.2 Å². The Balaban J connectivity index is 1.77. The van der Waals surface area contributed by atoms with Crippen LogP contribution in [0.2, 0.25) is 0 Å². The zero-order chi connectivity index (χ0) is 17.4. The third-order valence-electron chi connectivity index (χ3n) is 6.09. The predicted molar refractivity (Wildman–Crippen MR) is 86.4 cm³/mol. The number of aryl methyl sites for hydroxylation is 1. The highest BCUT2D eigenvalue weighted by atomic mass is 16.5. The predicted octanol–water partition coefficient (Wildman–Crippen LogP) is 2.59. The second-order valence-corrected chi connectivity index (χ2v) is 6.93. The number of benzene rings is 2. The van der Waals surface area contributed by atoms with Gasteiger partial charge in [-0.1, -0.05) is 42.5 Å². The molecule has 2 aromatic rings. The molecule has 3 atom stereocenters. The zero-order valence-electron chi connectivity index (χ0n) is 13.2. The van der Waals surface area contributed by atoms with Crippen LogP contribution in [0, 0.1) is 10.8 Å². The number of hydrogen-bond donors (Lipinski definition) is 1.